The average Bonchev–Trinajstić information content (AvgIpc) is 3.38. The van der Waals surface area contributed by atoms with E-state index in [4.69, 9.17) is 0 Å². The molecule has 1 heterocycles. The second-order valence-corrected chi connectivity index (χ2v) is 7.61. The highest BCUT2D eigenvalue weighted by Crippen LogP contribution is 2.48. The molecule has 2 saturated carbocycles. The fraction of sp³-hybridized carbons (Fsp3) is 0.684. The maximum absolute atomic E-state index is 3.84. The van der Waals surface area contributed by atoms with Gasteiger partial charge in [0, 0.05) is 12.6 Å². The molecule has 2 heteroatoms. The van der Waals surface area contributed by atoms with E-state index in [1.54, 1.807) is 0 Å². The summed E-state index contributed by atoms with van der Waals surface area (Å²) in [6, 6.07) is 11.9. The van der Waals surface area contributed by atoms with Gasteiger partial charge in [-0.1, -0.05) is 30.3 Å². The quantitative estimate of drug-likeness (QED) is 0.912. The minimum atomic E-state index is 0.111. The molecule has 114 valence electrons. The molecule has 0 radical (unpaired) electrons. The van der Waals surface area contributed by atoms with Crippen molar-refractivity contribution in [3.63, 3.8) is 0 Å². The summed E-state index contributed by atoms with van der Waals surface area (Å²) in [6.07, 6.45) is 7.21. The molecule has 3 aliphatic rings. The molecule has 1 atom stereocenters. The first-order valence-electron chi connectivity index (χ1n) is 8.81. The molecule has 1 unspecified atom stereocenters. The molecule has 21 heavy (non-hydrogen) atoms. The molecule has 1 aromatic carbocycles. The largest absolute Gasteiger partial charge is 0.307 e. The Balaban J connectivity index is 1.58. The molecule has 1 aliphatic heterocycles. The molecule has 0 amide bonds. The lowest BCUT2D eigenvalue weighted by Gasteiger charge is -2.38. The summed E-state index contributed by atoms with van der Waals surface area (Å²) in [5.74, 6) is 2.02. The predicted molar refractivity (Wildman–Crippen MR) is 87.2 cm³/mol. The third-order valence-corrected chi connectivity index (χ3v) is 5.70. The van der Waals surface area contributed by atoms with Crippen LogP contribution in [0.15, 0.2) is 30.3 Å². The Morgan fingerprint density at radius 2 is 1.76 bits per heavy atom. The Hall–Kier alpha value is -0.860. The van der Waals surface area contributed by atoms with Crippen molar-refractivity contribution in [1.29, 1.82) is 0 Å². The summed E-state index contributed by atoms with van der Waals surface area (Å²) < 4.78 is 0. The van der Waals surface area contributed by atoms with Gasteiger partial charge in [0.2, 0.25) is 0 Å². The van der Waals surface area contributed by atoms with Crippen LogP contribution in [0.25, 0.3) is 0 Å². The van der Waals surface area contributed by atoms with Gasteiger partial charge in [-0.2, -0.15) is 0 Å². The predicted octanol–water partition coefficient (Wildman–Crippen LogP) is 3.39. The smallest absolute Gasteiger partial charge is 0.0535 e. The standard InChI is InChI=1S/C19H28N2/c1-19(17-6-3-2-4-7-17)14-21(13-5-12-20-19)18(15-8-9-15)16-10-11-16/h2-4,6-7,15-16,18,20H,5,8-14H2,1H3. The SMILES string of the molecule is CC1(c2ccccc2)CN(C(C2CC2)C2CC2)CCCN1. The van der Waals surface area contributed by atoms with Crippen LogP contribution in [0.1, 0.15) is 44.6 Å². The minimum Gasteiger partial charge on any atom is -0.307 e. The maximum Gasteiger partial charge on any atom is 0.0535 e. The lowest BCUT2D eigenvalue weighted by atomic mass is 9.90. The normalized spacial score (nSPS) is 31.3. The van der Waals surface area contributed by atoms with Crippen molar-refractivity contribution < 1.29 is 0 Å². The van der Waals surface area contributed by atoms with Crippen molar-refractivity contribution >= 4 is 0 Å². The second kappa shape index (κ2) is 5.40. The van der Waals surface area contributed by atoms with E-state index in [1.165, 1.54) is 50.8 Å². The van der Waals surface area contributed by atoms with Crippen LogP contribution in [0, 0.1) is 11.8 Å². The molecule has 0 bridgehead atoms. The van der Waals surface area contributed by atoms with Gasteiger partial charge >= 0.3 is 0 Å². The zero-order valence-corrected chi connectivity index (χ0v) is 13.2. The highest BCUT2D eigenvalue weighted by molar-refractivity contribution is 5.24. The maximum atomic E-state index is 3.84. The number of benzene rings is 1. The zero-order chi connectivity index (χ0) is 14.3. The van der Waals surface area contributed by atoms with Crippen molar-refractivity contribution in [2.45, 2.75) is 50.6 Å². The molecule has 2 aliphatic carbocycles. The van der Waals surface area contributed by atoms with Crippen molar-refractivity contribution in [2.24, 2.45) is 11.8 Å². The molecule has 1 aromatic rings. The van der Waals surface area contributed by atoms with Crippen LogP contribution < -0.4 is 5.32 Å². The van der Waals surface area contributed by atoms with E-state index in [0.717, 1.165) is 24.4 Å². The first-order valence-corrected chi connectivity index (χ1v) is 8.81. The monoisotopic (exact) mass is 284 g/mol. The fourth-order valence-corrected chi connectivity index (χ4v) is 4.30. The number of hydrogen-bond acceptors (Lipinski definition) is 2. The van der Waals surface area contributed by atoms with Gasteiger partial charge in [-0.15, -0.1) is 0 Å². The average molecular weight is 284 g/mol. The van der Waals surface area contributed by atoms with Gasteiger partial charge in [0.25, 0.3) is 0 Å². The van der Waals surface area contributed by atoms with E-state index in [9.17, 15) is 0 Å². The third kappa shape index (κ3) is 2.89. The molecule has 0 spiro atoms. The Kier molecular flexibility index (Phi) is 3.55. The van der Waals surface area contributed by atoms with Crippen molar-refractivity contribution in [3.05, 3.63) is 35.9 Å². The highest BCUT2D eigenvalue weighted by Gasteiger charge is 2.46. The van der Waals surface area contributed by atoms with E-state index in [2.05, 4.69) is 47.5 Å². The van der Waals surface area contributed by atoms with Gasteiger partial charge in [-0.25, -0.2) is 0 Å². The Morgan fingerprint density at radius 3 is 2.38 bits per heavy atom. The van der Waals surface area contributed by atoms with E-state index in [0.29, 0.717) is 0 Å². The molecular formula is C19H28N2. The molecule has 0 aromatic heterocycles. The lowest BCUT2D eigenvalue weighted by molar-refractivity contribution is 0.129. The highest BCUT2D eigenvalue weighted by atomic mass is 15.2. The molecule has 1 saturated heterocycles. The topological polar surface area (TPSA) is 15.3 Å². The van der Waals surface area contributed by atoms with E-state index in [-0.39, 0.29) is 5.54 Å². The first kappa shape index (κ1) is 13.8. The van der Waals surface area contributed by atoms with Gasteiger partial charge in [0.15, 0.2) is 0 Å². The Labute approximate surface area is 128 Å². The van der Waals surface area contributed by atoms with Crippen LogP contribution in [0.2, 0.25) is 0 Å². The molecular weight excluding hydrogens is 256 g/mol. The van der Waals surface area contributed by atoms with Crippen LogP contribution in [-0.2, 0) is 5.54 Å². The minimum absolute atomic E-state index is 0.111. The number of rotatable bonds is 4. The molecule has 4 rings (SSSR count). The van der Waals surface area contributed by atoms with Crippen molar-refractivity contribution in [3.8, 4) is 0 Å². The summed E-state index contributed by atoms with van der Waals surface area (Å²) >= 11 is 0. The summed E-state index contributed by atoms with van der Waals surface area (Å²) in [7, 11) is 0. The van der Waals surface area contributed by atoms with E-state index in [1.807, 2.05) is 0 Å². The van der Waals surface area contributed by atoms with Gasteiger partial charge in [-0.05, 0) is 69.5 Å². The summed E-state index contributed by atoms with van der Waals surface area (Å²) in [5, 5.41) is 3.84. The lowest BCUT2D eigenvalue weighted by Crippen LogP contribution is -2.50. The van der Waals surface area contributed by atoms with Crippen LogP contribution in [-0.4, -0.2) is 30.6 Å². The molecule has 3 fully saturated rings. The first-order chi connectivity index (χ1) is 10.3. The number of nitrogens with zero attached hydrogens (tertiary/aromatic N) is 1. The van der Waals surface area contributed by atoms with Crippen LogP contribution in [0.5, 0.6) is 0 Å². The van der Waals surface area contributed by atoms with Gasteiger partial charge < -0.3 is 5.32 Å². The Bertz CT molecular complexity index is 466. The van der Waals surface area contributed by atoms with Crippen LogP contribution in [0.3, 0.4) is 0 Å². The number of nitrogens with one attached hydrogen (secondary N) is 1. The molecule has 1 N–H and O–H groups in total. The van der Waals surface area contributed by atoms with E-state index >= 15 is 0 Å². The van der Waals surface area contributed by atoms with Crippen LogP contribution >= 0.6 is 0 Å². The zero-order valence-electron chi connectivity index (χ0n) is 13.2. The van der Waals surface area contributed by atoms with Crippen molar-refractivity contribution in [2.75, 3.05) is 19.6 Å². The fourth-order valence-electron chi connectivity index (χ4n) is 4.30. The van der Waals surface area contributed by atoms with Crippen molar-refractivity contribution in [1.82, 2.24) is 10.2 Å². The van der Waals surface area contributed by atoms with E-state index < -0.39 is 0 Å². The van der Waals surface area contributed by atoms with Gasteiger partial charge in [-0.3, -0.25) is 4.90 Å². The summed E-state index contributed by atoms with van der Waals surface area (Å²) in [6.45, 7) is 6.00. The molecule has 2 nitrogen and oxygen atoms in total. The Morgan fingerprint density at radius 1 is 1.10 bits per heavy atom. The third-order valence-electron chi connectivity index (χ3n) is 5.70. The summed E-state index contributed by atoms with van der Waals surface area (Å²) in [5.41, 5.74) is 1.56. The number of hydrogen-bond donors (Lipinski definition) is 1. The van der Waals surface area contributed by atoms with Gasteiger partial charge in [0.1, 0.15) is 0 Å². The second-order valence-electron chi connectivity index (χ2n) is 7.61. The summed E-state index contributed by atoms with van der Waals surface area (Å²) in [4.78, 5) is 2.85. The van der Waals surface area contributed by atoms with Crippen LogP contribution in [0.4, 0.5) is 0 Å². The van der Waals surface area contributed by atoms with Gasteiger partial charge in [0.05, 0.1) is 5.54 Å².